The van der Waals surface area contributed by atoms with Gasteiger partial charge in [-0.3, -0.25) is 4.89 Å². The fourth-order valence-corrected chi connectivity index (χ4v) is 2.17. The zero-order chi connectivity index (χ0) is 20.3. The SMILES string of the molecule is C=C(C)C(=O)OOCCCCCCCCCCCCCC.O=P(O)(O)O. The molecule has 0 atom stereocenters. The Balaban J connectivity index is 0. The summed E-state index contributed by atoms with van der Waals surface area (Å²) in [6.07, 6.45) is 15.7. The highest BCUT2D eigenvalue weighted by Gasteiger charge is 2.03. The molecule has 26 heavy (non-hydrogen) atoms. The second-order valence-corrected chi connectivity index (χ2v) is 7.40. The van der Waals surface area contributed by atoms with Crippen LogP contribution >= 0.6 is 7.82 Å². The Morgan fingerprint density at radius 2 is 1.19 bits per heavy atom. The maximum atomic E-state index is 11.0. The van der Waals surface area contributed by atoms with E-state index in [-0.39, 0.29) is 0 Å². The van der Waals surface area contributed by atoms with Crippen molar-refractivity contribution in [3.63, 3.8) is 0 Å². The van der Waals surface area contributed by atoms with E-state index >= 15 is 0 Å². The highest BCUT2D eigenvalue weighted by Crippen LogP contribution is 2.25. The summed E-state index contributed by atoms with van der Waals surface area (Å²) in [4.78, 5) is 42.0. The maximum absolute atomic E-state index is 11.0. The summed E-state index contributed by atoms with van der Waals surface area (Å²) >= 11 is 0. The van der Waals surface area contributed by atoms with Crippen LogP contribution in [-0.4, -0.2) is 27.3 Å². The third-order valence-electron chi connectivity index (χ3n) is 3.56. The summed E-state index contributed by atoms with van der Waals surface area (Å²) in [7, 11) is -4.64. The van der Waals surface area contributed by atoms with Crippen molar-refractivity contribution in [2.45, 2.75) is 90.9 Å². The molecule has 0 aliphatic rings. The van der Waals surface area contributed by atoms with E-state index in [4.69, 9.17) is 24.1 Å². The van der Waals surface area contributed by atoms with Gasteiger partial charge in [0.05, 0.1) is 6.61 Å². The molecule has 7 nitrogen and oxygen atoms in total. The van der Waals surface area contributed by atoms with Gasteiger partial charge in [-0.25, -0.2) is 9.36 Å². The van der Waals surface area contributed by atoms with Crippen LogP contribution in [0.1, 0.15) is 90.9 Å². The number of hydrogen-bond acceptors (Lipinski definition) is 4. The first kappa shape index (κ1) is 27.5. The normalized spacial score (nSPS) is 10.8. The lowest BCUT2D eigenvalue weighted by Crippen LogP contribution is -2.06. The summed E-state index contributed by atoms with van der Waals surface area (Å²) < 4.78 is 8.88. The molecule has 0 fully saturated rings. The van der Waals surface area contributed by atoms with Gasteiger partial charge in [0.2, 0.25) is 0 Å². The Kier molecular flexibility index (Phi) is 20.2. The molecule has 156 valence electrons. The molecule has 0 radical (unpaired) electrons. The highest BCUT2D eigenvalue weighted by molar-refractivity contribution is 7.45. The molecule has 0 saturated carbocycles. The second kappa shape index (κ2) is 19.1. The summed E-state index contributed by atoms with van der Waals surface area (Å²) in [6, 6.07) is 0. The Morgan fingerprint density at radius 3 is 1.54 bits per heavy atom. The zero-order valence-corrected chi connectivity index (χ0v) is 17.2. The maximum Gasteiger partial charge on any atom is 0.466 e. The number of carbonyl (C=O) groups excluding carboxylic acids is 1. The first-order chi connectivity index (χ1) is 12.2. The summed E-state index contributed by atoms with van der Waals surface area (Å²) in [5, 5.41) is 0. The fourth-order valence-electron chi connectivity index (χ4n) is 2.17. The minimum absolute atomic E-state index is 0.365. The van der Waals surface area contributed by atoms with Crippen molar-refractivity contribution in [2.24, 2.45) is 0 Å². The Bertz CT molecular complexity index is 385. The molecule has 0 aliphatic carbocycles. The first-order valence-electron chi connectivity index (χ1n) is 9.46. The second-order valence-electron chi connectivity index (χ2n) is 6.38. The molecule has 0 aromatic heterocycles. The fraction of sp³-hybridized carbons (Fsp3) is 0.833. The van der Waals surface area contributed by atoms with Crippen molar-refractivity contribution in [3.8, 4) is 0 Å². The van der Waals surface area contributed by atoms with Crippen LogP contribution in [-0.2, 0) is 19.1 Å². The molecule has 0 rings (SSSR count). The van der Waals surface area contributed by atoms with Crippen LogP contribution in [0.3, 0.4) is 0 Å². The minimum Gasteiger partial charge on any atom is -0.303 e. The van der Waals surface area contributed by atoms with Crippen molar-refractivity contribution in [2.75, 3.05) is 6.61 Å². The molecule has 0 spiro atoms. The van der Waals surface area contributed by atoms with Crippen LogP contribution in [0.4, 0.5) is 0 Å². The lowest BCUT2D eigenvalue weighted by atomic mass is 10.1. The standard InChI is InChI=1S/C18H34O3.H3O4P/c1-4-5-6-7-8-9-10-11-12-13-14-15-16-20-21-18(19)17(2)3;1-5(2,3)4/h2,4-16H2,1,3H3;(H3,1,2,3,4). The van der Waals surface area contributed by atoms with Crippen LogP contribution in [0.5, 0.6) is 0 Å². The van der Waals surface area contributed by atoms with Gasteiger partial charge in [-0.15, -0.1) is 0 Å². The van der Waals surface area contributed by atoms with Gasteiger partial charge in [0.25, 0.3) is 0 Å². The third kappa shape index (κ3) is 31.1. The summed E-state index contributed by atoms with van der Waals surface area (Å²) in [6.45, 7) is 7.83. The van der Waals surface area contributed by atoms with Gasteiger partial charge in [-0.1, -0.05) is 84.1 Å². The number of hydrogen-bond donors (Lipinski definition) is 3. The van der Waals surface area contributed by atoms with E-state index in [1.165, 1.54) is 64.2 Å². The van der Waals surface area contributed by atoms with Crippen LogP contribution in [0.15, 0.2) is 12.2 Å². The van der Waals surface area contributed by atoms with Crippen molar-refractivity contribution in [3.05, 3.63) is 12.2 Å². The van der Waals surface area contributed by atoms with E-state index in [1.807, 2.05) is 0 Å². The molecule has 0 heterocycles. The Morgan fingerprint density at radius 1 is 0.846 bits per heavy atom. The molecule has 0 aromatic carbocycles. The molecule has 0 saturated heterocycles. The quantitative estimate of drug-likeness (QED) is 0.120. The minimum atomic E-state index is -4.64. The largest absolute Gasteiger partial charge is 0.466 e. The molecular weight excluding hydrogens is 359 g/mol. The zero-order valence-electron chi connectivity index (χ0n) is 16.3. The van der Waals surface area contributed by atoms with Gasteiger partial charge >= 0.3 is 13.8 Å². The molecule has 0 bridgehead atoms. The molecule has 0 aromatic rings. The first-order valence-corrected chi connectivity index (χ1v) is 11.0. The van der Waals surface area contributed by atoms with E-state index in [9.17, 15) is 4.79 Å². The van der Waals surface area contributed by atoms with E-state index in [1.54, 1.807) is 6.92 Å². The van der Waals surface area contributed by atoms with Gasteiger partial charge in [0.1, 0.15) is 0 Å². The average Bonchev–Trinajstić information content (AvgIpc) is 2.53. The van der Waals surface area contributed by atoms with Crippen molar-refractivity contribution < 1.29 is 33.8 Å². The molecule has 8 heteroatoms. The predicted octanol–water partition coefficient (Wildman–Crippen LogP) is 4.81. The third-order valence-corrected chi connectivity index (χ3v) is 3.56. The molecule has 0 unspecified atom stereocenters. The van der Waals surface area contributed by atoms with Gasteiger partial charge in [0, 0.05) is 5.57 Å². The van der Waals surface area contributed by atoms with Crippen molar-refractivity contribution in [1.29, 1.82) is 0 Å². The highest BCUT2D eigenvalue weighted by atomic mass is 31.2. The Labute approximate surface area is 158 Å². The monoisotopic (exact) mass is 396 g/mol. The number of carbonyl (C=O) groups is 1. The van der Waals surface area contributed by atoms with Gasteiger partial charge in [-0.05, 0) is 13.3 Å². The van der Waals surface area contributed by atoms with Gasteiger partial charge < -0.3 is 14.7 Å². The van der Waals surface area contributed by atoms with Crippen LogP contribution in [0, 0.1) is 0 Å². The van der Waals surface area contributed by atoms with Gasteiger partial charge in [0.15, 0.2) is 0 Å². The smallest absolute Gasteiger partial charge is 0.303 e. The molecule has 0 amide bonds. The van der Waals surface area contributed by atoms with E-state index in [0.717, 1.165) is 12.8 Å². The van der Waals surface area contributed by atoms with Crippen molar-refractivity contribution >= 4 is 13.8 Å². The summed E-state index contributed by atoms with van der Waals surface area (Å²) in [5.41, 5.74) is 0.365. The molecular formula is C18H37O7P. The molecule has 0 aliphatic heterocycles. The summed E-state index contributed by atoms with van der Waals surface area (Å²) in [5.74, 6) is -0.478. The molecule has 3 N–H and O–H groups in total. The van der Waals surface area contributed by atoms with E-state index in [2.05, 4.69) is 18.4 Å². The average molecular weight is 396 g/mol. The van der Waals surface area contributed by atoms with Crippen LogP contribution in [0.25, 0.3) is 0 Å². The number of unbranched alkanes of at least 4 members (excludes halogenated alkanes) is 11. The lowest BCUT2D eigenvalue weighted by molar-refractivity contribution is -0.268. The van der Waals surface area contributed by atoms with Crippen molar-refractivity contribution in [1.82, 2.24) is 0 Å². The topological polar surface area (TPSA) is 113 Å². The number of phosphoric acid groups is 1. The number of rotatable bonds is 15. The van der Waals surface area contributed by atoms with Crippen LogP contribution < -0.4 is 0 Å². The van der Waals surface area contributed by atoms with E-state index < -0.39 is 13.8 Å². The van der Waals surface area contributed by atoms with E-state index in [0.29, 0.717) is 12.2 Å². The lowest BCUT2D eigenvalue weighted by Gasteiger charge is -2.04. The Hall–Kier alpha value is -0.720. The van der Waals surface area contributed by atoms with Crippen LogP contribution in [0.2, 0.25) is 0 Å². The predicted molar refractivity (Wildman–Crippen MR) is 102 cm³/mol. The van der Waals surface area contributed by atoms with Gasteiger partial charge in [-0.2, -0.15) is 4.89 Å².